The zero-order valence-corrected chi connectivity index (χ0v) is 6.99. The van der Waals surface area contributed by atoms with E-state index in [-0.39, 0.29) is 17.8 Å². The minimum Gasteiger partial charge on any atom is -0.368 e. The summed E-state index contributed by atoms with van der Waals surface area (Å²) in [6.45, 7) is 0. The van der Waals surface area contributed by atoms with Gasteiger partial charge >= 0.3 is 0 Å². The zero-order valence-electron chi connectivity index (χ0n) is 6.23. The number of rotatable bonds is 2. The van der Waals surface area contributed by atoms with E-state index in [0.29, 0.717) is 0 Å². The summed E-state index contributed by atoms with van der Waals surface area (Å²) in [5.74, 6) is 0.0181. The van der Waals surface area contributed by atoms with Crippen LogP contribution in [0.1, 0.15) is 0 Å². The Morgan fingerprint density at radius 2 is 1.75 bits per heavy atom. The molecule has 0 fully saturated rings. The highest BCUT2D eigenvalue weighted by molar-refractivity contribution is 6.23. The third-order valence-corrected chi connectivity index (χ3v) is 1.26. The molecule has 1 aromatic heterocycles. The Kier molecular flexibility index (Phi) is 2.46. The normalized spacial score (nSPS) is 9.83. The molecule has 0 aliphatic carbocycles. The van der Waals surface area contributed by atoms with Crippen LogP contribution in [0.2, 0.25) is 0 Å². The predicted octanol–water partition coefficient (Wildman–Crippen LogP) is -0.442. The van der Waals surface area contributed by atoms with Gasteiger partial charge in [-0.2, -0.15) is 15.0 Å². The summed E-state index contributed by atoms with van der Waals surface area (Å²) in [4.78, 5) is 15.4. The Morgan fingerprint density at radius 1 is 1.25 bits per heavy atom. The maximum atomic E-state index is 5.48. The average Bonchev–Trinajstić information content (AvgIpc) is 2.01. The van der Waals surface area contributed by atoms with Crippen LogP contribution < -0.4 is 16.0 Å². The van der Waals surface area contributed by atoms with Crippen molar-refractivity contribution in [2.75, 3.05) is 23.2 Å². The lowest BCUT2D eigenvalue weighted by Gasteiger charge is -2.09. The summed E-state index contributed by atoms with van der Waals surface area (Å²) < 4.78 is 0.800. The van der Waals surface area contributed by atoms with Crippen LogP contribution in [-0.4, -0.2) is 22.1 Å². The van der Waals surface area contributed by atoms with Gasteiger partial charge in [-0.15, -0.1) is 4.58 Å². The third-order valence-electron chi connectivity index (χ3n) is 0.976. The molecule has 1 heterocycles. The van der Waals surface area contributed by atoms with E-state index in [0.717, 1.165) is 4.58 Å². The van der Waals surface area contributed by atoms with Crippen LogP contribution >= 0.6 is 11.8 Å². The Hall–Kier alpha value is -1.34. The molecule has 4 N–H and O–H groups in total. The number of aromatic nitrogens is 3. The minimum atomic E-state index is -0.0137. The molecule has 0 aliphatic heterocycles. The fourth-order valence-electron chi connectivity index (χ4n) is 0.558. The second-order valence-corrected chi connectivity index (χ2v) is 2.09. The molecule has 8 heteroatoms. The Morgan fingerprint density at radius 3 is 2.17 bits per heavy atom. The van der Waals surface area contributed by atoms with Crippen molar-refractivity contribution in [1.82, 2.24) is 15.0 Å². The standard InChI is InChI=1S/C4H7ClN6O/c1-12-11(5)4-9-2(6)8-3(7)10-4/h1H3,(H4,6,7,8,9,10). The number of nitrogen functional groups attached to an aromatic ring is 2. The molecule has 12 heavy (non-hydrogen) atoms. The van der Waals surface area contributed by atoms with Crippen LogP contribution in [-0.2, 0) is 4.84 Å². The molecule has 1 rings (SSSR count). The second-order valence-electron chi connectivity index (χ2n) is 1.78. The Balaban J connectivity index is 3.00. The van der Waals surface area contributed by atoms with Crippen LogP contribution in [0, 0.1) is 0 Å². The molecule has 0 radical (unpaired) electrons. The molecule has 66 valence electrons. The molecule has 0 unspecified atom stereocenters. The van der Waals surface area contributed by atoms with E-state index < -0.39 is 0 Å². The first kappa shape index (κ1) is 8.75. The predicted molar refractivity (Wildman–Crippen MR) is 44.0 cm³/mol. The van der Waals surface area contributed by atoms with Crippen LogP contribution in [0.25, 0.3) is 0 Å². The molecule has 7 nitrogen and oxygen atoms in total. The maximum Gasteiger partial charge on any atom is 0.272 e. The van der Waals surface area contributed by atoms with Crippen LogP contribution in [0.15, 0.2) is 0 Å². The molecular weight excluding hydrogens is 184 g/mol. The van der Waals surface area contributed by atoms with E-state index in [2.05, 4.69) is 19.8 Å². The van der Waals surface area contributed by atoms with Crippen molar-refractivity contribution < 1.29 is 4.84 Å². The lowest BCUT2D eigenvalue weighted by molar-refractivity contribution is 0.216. The topological polar surface area (TPSA) is 103 Å². The minimum absolute atomic E-state index is 0.0137. The van der Waals surface area contributed by atoms with Crippen molar-refractivity contribution in [2.24, 2.45) is 0 Å². The van der Waals surface area contributed by atoms with Gasteiger partial charge in [0.15, 0.2) is 0 Å². The lowest BCUT2D eigenvalue weighted by atomic mass is 10.8. The van der Waals surface area contributed by atoms with Crippen molar-refractivity contribution in [3.63, 3.8) is 0 Å². The van der Waals surface area contributed by atoms with Gasteiger partial charge in [0.1, 0.15) is 0 Å². The summed E-state index contributed by atoms with van der Waals surface area (Å²) in [6.07, 6.45) is 0. The van der Waals surface area contributed by atoms with Crippen LogP contribution in [0.3, 0.4) is 0 Å². The number of anilines is 3. The second kappa shape index (κ2) is 3.37. The van der Waals surface area contributed by atoms with E-state index in [9.17, 15) is 0 Å². The molecule has 0 saturated carbocycles. The van der Waals surface area contributed by atoms with E-state index in [1.54, 1.807) is 0 Å². The summed E-state index contributed by atoms with van der Waals surface area (Å²) >= 11 is 5.48. The molecule has 0 spiro atoms. The first-order chi connectivity index (χ1) is 5.63. The van der Waals surface area contributed by atoms with Gasteiger partial charge in [0.2, 0.25) is 11.9 Å². The van der Waals surface area contributed by atoms with Gasteiger partial charge in [0, 0.05) is 11.8 Å². The van der Waals surface area contributed by atoms with Gasteiger partial charge < -0.3 is 11.5 Å². The Labute approximate surface area is 73.4 Å². The number of hydrogen-bond acceptors (Lipinski definition) is 7. The number of hydrogen-bond donors (Lipinski definition) is 2. The molecule has 0 amide bonds. The highest BCUT2D eigenvalue weighted by atomic mass is 35.5. The molecule has 0 atom stereocenters. The highest BCUT2D eigenvalue weighted by Gasteiger charge is 2.07. The molecule has 0 aliphatic rings. The third kappa shape index (κ3) is 1.83. The maximum absolute atomic E-state index is 5.48. The smallest absolute Gasteiger partial charge is 0.272 e. The van der Waals surface area contributed by atoms with Gasteiger partial charge in [-0.3, -0.25) is 4.84 Å². The summed E-state index contributed by atoms with van der Waals surface area (Å²) in [7, 11) is 1.35. The zero-order chi connectivity index (χ0) is 9.14. The average molecular weight is 191 g/mol. The number of nitrogens with zero attached hydrogens (tertiary/aromatic N) is 4. The van der Waals surface area contributed by atoms with Gasteiger partial charge in [-0.05, 0) is 0 Å². The first-order valence-corrected chi connectivity index (χ1v) is 3.24. The summed E-state index contributed by atoms with van der Waals surface area (Å²) in [5, 5.41) is 0. The van der Waals surface area contributed by atoms with E-state index in [1.807, 2.05) is 0 Å². The van der Waals surface area contributed by atoms with Gasteiger partial charge in [0.05, 0.1) is 7.11 Å². The van der Waals surface area contributed by atoms with E-state index in [1.165, 1.54) is 7.11 Å². The molecular formula is C4H7ClN6O. The van der Waals surface area contributed by atoms with Crippen molar-refractivity contribution in [3.05, 3.63) is 0 Å². The molecule has 0 saturated heterocycles. The summed E-state index contributed by atoms with van der Waals surface area (Å²) in [6, 6.07) is 0. The molecule has 0 bridgehead atoms. The number of halogens is 1. The van der Waals surface area contributed by atoms with Crippen LogP contribution in [0.4, 0.5) is 17.8 Å². The van der Waals surface area contributed by atoms with Crippen molar-refractivity contribution in [2.45, 2.75) is 0 Å². The number of nitrogens with two attached hydrogens (primary N) is 2. The fraction of sp³-hybridized carbons (Fsp3) is 0.250. The van der Waals surface area contributed by atoms with Gasteiger partial charge in [0.25, 0.3) is 5.95 Å². The lowest BCUT2D eigenvalue weighted by Crippen LogP contribution is -2.14. The quantitative estimate of drug-likeness (QED) is 0.481. The van der Waals surface area contributed by atoms with Crippen molar-refractivity contribution in [3.8, 4) is 0 Å². The van der Waals surface area contributed by atoms with Gasteiger partial charge in [-0.1, -0.05) is 0 Å². The largest absolute Gasteiger partial charge is 0.368 e. The van der Waals surface area contributed by atoms with E-state index >= 15 is 0 Å². The van der Waals surface area contributed by atoms with Crippen molar-refractivity contribution in [1.29, 1.82) is 0 Å². The fourth-order valence-corrected chi connectivity index (χ4v) is 0.633. The monoisotopic (exact) mass is 190 g/mol. The SMILES string of the molecule is CON(Cl)c1nc(N)nc(N)n1. The highest BCUT2D eigenvalue weighted by Crippen LogP contribution is 2.11. The van der Waals surface area contributed by atoms with Crippen molar-refractivity contribution >= 4 is 29.6 Å². The first-order valence-electron chi connectivity index (χ1n) is 2.90. The van der Waals surface area contributed by atoms with Gasteiger partial charge in [-0.25, -0.2) is 0 Å². The summed E-state index contributed by atoms with van der Waals surface area (Å²) in [5.41, 5.74) is 10.5. The van der Waals surface area contributed by atoms with E-state index in [4.69, 9.17) is 23.2 Å². The molecule has 1 aromatic rings. The Bertz CT molecular complexity index is 260. The van der Waals surface area contributed by atoms with Crippen LogP contribution in [0.5, 0.6) is 0 Å². The molecule has 0 aromatic carbocycles.